The number of hydrogen-bond acceptors (Lipinski definition) is 8. The molecule has 1 saturated carbocycles. The molecule has 9 nitrogen and oxygen atoms in total. The SMILES string of the molecule is CCOC(=O)C1=C(C)N=C2SC=C(CC(=O)NCC3CC3)N2C1c1cccc([N+](=O)[O-])c1. The van der Waals surface area contributed by atoms with Crippen LogP contribution in [0.5, 0.6) is 0 Å². The molecule has 3 aliphatic rings. The lowest BCUT2D eigenvalue weighted by Crippen LogP contribution is -2.38. The highest BCUT2D eigenvalue weighted by Crippen LogP contribution is 2.45. The smallest absolute Gasteiger partial charge is 0.338 e. The Kier molecular flexibility index (Phi) is 6.31. The van der Waals surface area contributed by atoms with E-state index in [4.69, 9.17) is 4.74 Å². The number of aliphatic imine (C=N–C) groups is 1. The standard InChI is InChI=1S/C22H24N4O5S/c1-3-31-21(28)19-13(2)24-22-25(20(19)15-5-4-6-16(9-15)26(29)30)17(12-32-22)10-18(27)23-11-14-7-8-14/h4-6,9,12,14,20H,3,7-8,10-11H2,1-2H3,(H,23,27). The van der Waals surface area contributed by atoms with Gasteiger partial charge >= 0.3 is 5.97 Å². The highest BCUT2D eigenvalue weighted by molar-refractivity contribution is 8.16. The van der Waals surface area contributed by atoms with Gasteiger partial charge in [0.15, 0.2) is 5.17 Å². The van der Waals surface area contributed by atoms with Crippen LogP contribution >= 0.6 is 11.8 Å². The number of esters is 1. The van der Waals surface area contributed by atoms with Crippen molar-refractivity contribution in [3.05, 3.63) is 62.3 Å². The van der Waals surface area contributed by atoms with E-state index in [-0.39, 0.29) is 24.6 Å². The molecule has 1 N–H and O–H groups in total. The second kappa shape index (κ2) is 9.15. The van der Waals surface area contributed by atoms with Crippen molar-refractivity contribution in [3.63, 3.8) is 0 Å². The van der Waals surface area contributed by atoms with E-state index >= 15 is 0 Å². The van der Waals surface area contributed by atoms with Gasteiger partial charge in [0.05, 0.1) is 35.3 Å². The lowest BCUT2D eigenvalue weighted by Gasteiger charge is -2.36. The van der Waals surface area contributed by atoms with Gasteiger partial charge in [0, 0.05) is 24.4 Å². The number of carbonyl (C=O) groups excluding carboxylic acids is 2. The fourth-order valence-electron chi connectivity index (χ4n) is 3.77. The van der Waals surface area contributed by atoms with Crippen molar-refractivity contribution in [2.45, 2.75) is 39.2 Å². The minimum Gasteiger partial charge on any atom is -0.463 e. The summed E-state index contributed by atoms with van der Waals surface area (Å²) in [5.74, 6) is -0.0675. The molecule has 0 aromatic heterocycles. The number of carbonyl (C=O) groups is 2. The summed E-state index contributed by atoms with van der Waals surface area (Å²) in [7, 11) is 0. The third-order valence-electron chi connectivity index (χ3n) is 5.52. The van der Waals surface area contributed by atoms with E-state index in [1.165, 1.54) is 23.9 Å². The number of rotatable bonds is 8. The molecule has 32 heavy (non-hydrogen) atoms. The van der Waals surface area contributed by atoms with E-state index in [0.29, 0.717) is 40.2 Å². The van der Waals surface area contributed by atoms with E-state index < -0.39 is 16.9 Å². The number of non-ortho nitro benzene ring substituents is 1. The number of ether oxygens (including phenoxy) is 1. The molecule has 0 bridgehead atoms. The topological polar surface area (TPSA) is 114 Å². The lowest BCUT2D eigenvalue weighted by atomic mass is 9.93. The van der Waals surface area contributed by atoms with Gasteiger partial charge in [-0.25, -0.2) is 9.79 Å². The van der Waals surface area contributed by atoms with Gasteiger partial charge in [0.25, 0.3) is 5.69 Å². The van der Waals surface area contributed by atoms with Crippen molar-refractivity contribution in [1.82, 2.24) is 10.2 Å². The molecule has 1 amide bonds. The molecule has 4 rings (SSSR count). The van der Waals surface area contributed by atoms with E-state index in [1.807, 2.05) is 10.3 Å². The molecule has 2 aliphatic heterocycles. The second-order valence-electron chi connectivity index (χ2n) is 7.89. The monoisotopic (exact) mass is 456 g/mol. The highest BCUT2D eigenvalue weighted by Gasteiger charge is 2.41. The Morgan fingerprint density at radius 1 is 1.38 bits per heavy atom. The number of benzene rings is 1. The first-order chi connectivity index (χ1) is 15.4. The van der Waals surface area contributed by atoms with Crippen molar-refractivity contribution >= 4 is 34.5 Å². The minimum absolute atomic E-state index is 0.0769. The van der Waals surface area contributed by atoms with Gasteiger partial charge < -0.3 is 15.0 Å². The first kappa shape index (κ1) is 22.1. The molecule has 1 atom stereocenters. The molecular formula is C22H24N4O5S. The van der Waals surface area contributed by atoms with Crippen LogP contribution in [0.1, 0.15) is 44.7 Å². The van der Waals surface area contributed by atoms with Crippen molar-refractivity contribution < 1.29 is 19.2 Å². The van der Waals surface area contributed by atoms with E-state index in [0.717, 1.165) is 12.8 Å². The molecule has 1 aromatic carbocycles. The highest BCUT2D eigenvalue weighted by atomic mass is 32.2. The zero-order valence-electron chi connectivity index (χ0n) is 17.9. The number of nitrogens with one attached hydrogen (secondary N) is 1. The third-order valence-corrected chi connectivity index (χ3v) is 6.41. The van der Waals surface area contributed by atoms with Crippen molar-refractivity contribution in [2.24, 2.45) is 10.9 Å². The van der Waals surface area contributed by atoms with E-state index in [1.54, 1.807) is 26.0 Å². The second-order valence-corrected chi connectivity index (χ2v) is 8.73. The predicted octanol–water partition coefficient (Wildman–Crippen LogP) is 3.65. The minimum atomic E-state index is -0.682. The number of amides is 1. The number of thioether (sulfide) groups is 1. The number of nitro benzene ring substituents is 1. The maximum absolute atomic E-state index is 12.9. The van der Waals surface area contributed by atoms with Gasteiger partial charge in [-0.1, -0.05) is 23.9 Å². The van der Waals surface area contributed by atoms with E-state index in [9.17, 15) is 19.7 Å². The Morgan fingerprint density at radius 3 is 2.84 bits per heavy atom. The number of nitro groups is 1. The molecule has 0 radical (unpaired) electrons. The average molecular weight is 457 g/mol. The zero-order valence-corrected chi connectivity index (χ0v) is 18.7. The van der Waals surface area contributed by atoms with Crippen LogP contribution < -0.4 is 5.32 Å². The molecule has 0 spiro atoms. The molecule has 2 heterocycles. The summed E-state index contributed by atoms with van der Waals surface area (Å²) in [6.07, 6.45) is 2.41. The van der Waals surface area contributed by atoms with Gasteiger partial charge in [-0.15, -0.1) is 0 Å². The molecule has 0 saturated heterocycles. The van der Waals surface area contributed by atoms with E-state index in [2.05, 4.69) is 10.3 Å². The molecular weight excluding hydrogens is 432 g/mol. The van der Waals surface area contributed by atoms with Crippen LogP contribution in [0.4, 0.5) is 5.69 Å². The Morgan fingerprint density at radius 2 is 2.16 bits per heavy atom. The first-order valence-electron chi connectivity index (χ1n) is 10.5. The Bertz CT molecular complexity index is 1060. The van der Waals surface area contributed by atoms with Crippen molar-refractivity contribution in [1.29, 1.82) is 0 Å². The summed E-state index contributed by atoms with van der Waals surface area (Å²) in [5, 5.41) is 16.8. The quantitative estimate of drug-likeness (QED) is 0.361. The molecule has 10 heteroatoms. The number of fused-ring (bicyclic) bond motifs is 1. The summed E-state index contributed by atoms with van der Waals surface area (Å²) in [4.78, 5) is 42.8. The molecule has 1 unspecified atom stereocenters. The molecule has 168 valence electrons. The van der Waals surface area contributed by atoms with Crippen LogP contribution in [0, 0.1) is 16.0 Å². The number of hydrogen-bond donors (Lipinski definition) is 1. The van der Waals surface area contributed by atoms with Gasteiger partial charge in [-0.05, 0) is 43.6 Å². The molecule has 1 fully saturated rings. The van der Waals surface area contributed by atoms with Crippen LogP contribution in [0.3, 0.4) is 0 Å². The fraction of sp³-hybridized carbons (Fsp3) is 0.409. The van der Waals surface area contributed by atoms with Gasteiger partial charge in [0.1, 0.15) is 0 Å². The first-order valence-corrected chi connectivity index (χ1v) is 11.4. The summed E-state index contributed by atoms with van der Waals surface area (Å²) in [6, 6.07) is 5.50. The summed E-state index contributed by atoms with van der Waals surface area (Å²) in [6.45, 7) is 4.30. The maximum atomic E-state index is 12.9. The number of amidine groups is 1. The van der Waals surface area contributed by atoms with Crippen LogP contribution in [-0.4, -0.2) is 40.0 Å². The van der Waals surface area contributed by atoms with Crippen LogP contribution in [0.2, 0.25) is 0 Å². The van der Waals surface area contributed by atoms with Gasteiger partial charge in [-0.2, -0.15) is 0 Å². The average Bonchev–Trinajstić information content (AvgIpc) is 3.52. The maximum Gasteiger partial charge on any atom is 0.338 e. The number of nitrogens with zero attached hydrogens (tertiary/aromatic N) is 3. The summed E-state index contributed by atoms with van der Waals surface area (Å²) >= 11 is 1.37. The van der Waals surface area contributed by atoms with Crippen LogP contribution in [0.25, 0.3) is 0 Å². The zero-order chi connectivity index (χ0) is 22.8. The Hall–Kier alpha value is -3.14. The lowest BCUT2D eigenvalue weighted by molar-refractivity contribution is -0.384. The summed E-state index contributed by atoms with van der Waals surface area (Å²) < 4.78 is 5.29. The number of allylic oxidation sites excluding steroid dienone is 1. The Labute approximate surface area is 189 Å². The normalized spacial score (nSPS) is 19.8. The molecule has 1 aliphatic carbocycles. The fourth-order valence-corrected chi connectivity index (χ4v) is 4.73. The summed E-state index contributed by atoms with van der Waals surface area (Å²) in [5.41, 5.74) is 1.97. The van der Waals surface area contributed by atoms with Gasteiger partial charge in [0.2, 0.25) is 5.91 Å². The third kappa shape index (κ3) is 4.55. The van der Waals surface area contributed by atoms with Crippen molar-refractivity contribution in [2.75, 3.05) is 13.2 Å². The van der Waals surface area contributed by atoms with Gasteiger partial charge in [-0.3, -0.25) is 14.9 Å². The van der Waals surface area contributed by atoms with Crippen molar-refractivity contribution in [3.8, 4) is 0 Å². The predicted molar refractivity (Wildman–Crippen MR) is 120 cm³/mol. The Balaban J connectivity index is 1.70. The largest absolute Gasteiger partial charge is 0.463 e. The molecule has 1 aromatic rings. The van der Waals surface area contributed by atoms with Crippen LogP contribution in [0.15, 0.2) is 51.6 Å². The van der Waals surface area contributed by atoms with Crippen LogP contribution in [-0.2, 0) is 14.3 Å².